The molecule has 1 saturated carbocycles. The molecule has 1 N–H and O–H groups in total. The van der Waals surface area contributed by atoms with Crippen LogP contribution in [0, 0.1) is 11.8 Å². The number of carbonyl (C=O) groups is 1. The van der Waals surface area contributed by atoms with E-state index in [1.807, 2.05) is 6.92 Å². The molecule has 0 saturated heterocycles. The van der Waals surface area contributed by atoms with E-state index in [4.69, 9.17) is 4.74 Å². The summed E-state index contributed by atoms with van der Waals surface area (Å²) in [7, 11) is 1.46. The molecule has 0 heterocycles. The van der Waals surface area contributed by atoms with Crippen molar-refractivity contribution in [2.45, 2.75) is 71.4 Å². The Balaban J connectivity index is 2.29. The van der Waals surface area contributed by atoms with E-state index in [1.54, 1.807) is 0 Å². The number of ether oxygens (including phenoxy) is 1. The van der Waals surface area contributed by atoms with Gasteiger partial charge in [0.05, 0.1) is 13.0 Å². The average molecular weight is 255 g/mol. The summed E-state index contributed by atoms with van der Waals surface area (Å²) in [4.78, 5) is 11.5. The van der Waals surface area contributed by atoms with Crippen molar-refractivity contribution in [2.24, 2.45) is 11.8 Å². The lowest BCUT2D eigenvalue weighted by molar-refractivity contribution is -0.145. The highest BCUT2D eigenvalue weighted by atomic mass is 16.5. The molecule has 1 rings (SSSR count). The van der Waals surface area contributed by atoms with Crippen molar-refractivity contribution >= 4 is 5.97 Å². The van der Waals surface area contributed by atoms with Crippen molar-refractivity contribution in [3.8, 4) is 0 Å². The van der Waals surface area contributed by atoms with Crippen LogP contribution in [-0.4, -0.2) is 25.2 Å². The fraction of sp³-hybridized carbons (Fsp3) is 0.933. The van der Waals surface area contributed by atoms with Gasteiger partial charge >= 0.3 is 5.97 Å². The first-order valence-corrected chi connectivity index (χ1v) is 7.42. The van der Waals surface area contributed by atoms with Crippen molar-refractivity contribution in [1.29, 1.82) is 0 Å². The molecule has 0 radical (unpaired) electrons. The van der Waals surface area contributed by atoms with Crippen LogP contribution in [-0.2, 0) is 9.53 Å². The van der Waals surface area contributed by atoms with Gasteiger partial charge in [0.15, 0.2) is 0 Å². The summed E-state index contributed by atoms with van der Waals surface area (Å²) in [5, 5.41) is 3.60. The van der Waals surface area contributed by atoms with Crippen LogP contribution < -0.4 is 5.32 Å². The minimum absolute atomic E-state index is 0.0663. The van der Waals surface area contributed by atoms with Crippen molar-refractivity contribution in [3.63, 3.8) is 0 Å². The third kappa shape index (κ3) is 4.60. The van der Waals surface area contributed by atoms with Crippen LogP contribution >= 0.6 is 0 Å². The second kappa shape index (κ2) is 7.78. The highest BCUT2D eigenvalue weighted by Gasteiger charge is 2.26. The Labute approximate surface area is 112 Å². The smallest absolute Gasteiger partial charge is 0.309 e. The normalized spacial score (nSPS) is 27.6. The van der Waals surface area contributed by atoms with Crippen LogP contribution in [0.15, 0.2) is 0 Å². The van der Waals surface area contributed by atoms with Gasteiger partial charge in [0, 0.05) is 12.1 Å². The molecule has 0 aromatic rings. The zero-order chi connectivity index (χ0) is 13.5. The van der Waals surface area contributed by atoms with Gasteiger partial charge in [-0.15, -0.1) is 0 Å². The fourth-order valence-electron chi connectivity index (χ4n) is 2.93. The minimum Gasteiger partial charge on any atom is -0.469 e. The standard InChI is InChI=1S/C15H29NO2/c1-5-6-13-7-9-14(10-8-13)16-12(3)11(2)15(17)18-4/h11-14,16H,5-10H2,1-4H3. The zero-order valence-corrected chi connectivity index (χ0v) is 12.4. The van der Waals surface area contributed by atoms with Gasteiger partial charge in [-0.3, -0.25) is 4.79 Å². The second-order valence-corrected chi connectivity index (χ2v) is 5.77. The molecule has 0 bridgehead atoms. The van der Waals surface area contributed by atoms with Gasteiger partial charge in [0.25, 0.3) is 0 Å². The Morgan fingerprint density at radius 2 is 1.89 bits per heavy atom. The molecule has 2 unspecified atom stereocenters. The molecule has 0 amide bonds. The number of hydrogen-bond acceptors (Lipinski definition) is 3. The maximum Gasteiger partial charge on any atom is 0.309 e. The predicted molar refractivity (Wildman–Crippen MR) is 74.4 cm³/mol. The Morgan fingerprint density at radius 3 is 2.39 bits per heavy atom. The van der Waals surface area contributed by atoms with Crippen LogP contribution in [0.5, 0.6) is 0 Å². The van der Waals surface area contributed by atoms with Crippen LogP contribution in [0.3, 0.4) is 0 Å². The first-order valence-electron chi connectivity index (χ1n) is 7.42. The van der Waals surface area contributed by atoms with E-state index in [-0.39, 0.29) is 17.9 Å². The van der Waals surface area contributed by atoms with Crippen molar-refractivity contribution in [1.82, 2.24) is 5.32 Å². The van der Waals surface area contributed by atoms with E-state index >= 15 is 0 Å². The van der Waals surface area contributed by atoms with Gasteiger partial charge in [-0.25, -0.2) is 0 Å². The van der Waals surface area contributed by atoms with Crippen LogP contribution in [0.25, 0.3) is 0 Å². The molecule has 1 aliphatic rings. The van der Waals surface area contributed by atoms with E-state index < -0.39 is 0 Å². The Bertz CT molecular complexity index is 247. The molecule has 0 spiro atoms. The predicted octanol–water partition coefficient (Wildman–Crippen LogP) is 3.13. The van der Waals surface area contributed by atoms with Crippen molar-refractivity contribution < 1.29 is 9.53 Å². The average Bonchev–Trinajstić information content (AvgIpc) is 2.39. The molecule has 3 nitrogen and oxygen atoms in total. The largest absolute Gasteiger partial charge is 0.469 e. The number of hydrogen-bond donors (Lipinski definition) is 1. The number of rotatable bonds is 6. The van der Waals surface area contributed by atoms with Gasteiger partial charge in [-0.1, -0.05) is 26.7 Å². The monoisotopic (exact) mass is 255 g/mol. The topological polar surface area (TPSA) is 38.3 Å². The van der Waals surface area contributed by atoms with Gasteiger partial charge in [-0.2, -0.15) is 0 Å². The summed E-state index contributed by atoms with van der Waals surface area (Å²) in [6, 6.07) is 0.783. The number of methoxy groups -OCH3 is 1. The van der Waals surface area contributed by atoms with Gasteiger partial charge in [0.1, 0.15) is 0 Å². The lowest BCUT2D eigenvalue weighted by Crippen LogP contribution is -2.44. The molecule has 0 aromatic heterocycles. The number of nitrogens with one attached hydrogen (secondary N) is 1. The van der Waals surface area contributed by atoms with Crippen molar-refractivity contribution in [2.75, 3.05) is 7.11 Å². The van der Waals surface area contributed by atoms with E-state index in [0.717, 1.165) is 5.92 Å². The molecule has 1 fully saturated rings. The van der Waals surface area contributed by atoms with E-state index in [2.05, 4.69) is 19.2 Å². The third-order valence-electron chi connectivity index (χ3n) is 4.37. The highest BCUT2D eigenvalue weighted by Crippen LogP contribution is 2.28. The Morgan fingerprint density at radius 1 is 1.28 bits per heavy atom. The van der Waals surface area contributed by atoms with Crippen LogP contribution in [0.4, 0.5) is 0 Å². The maximum absolute atomic E-state index is 11.5. The van der Waals surface area contributed by atoms with Crippen LogP contribution in [0.1, 0.15) is 59.3 Å². The summed E-state index contributed by atoms with van der Waals surface area (Å²) in [5.74, 6) is 0.749. The summed E-state index contributed by atoms with van der Waals surface area (Å²) in [6.45, 7) is 6.29. The molecule has 0 aliphatic heterocycles. The van der Waals surface area contributed by atoms with E-state index in [1.165, 1.54) is 45.6 Å². The molecule has 18 heavy (non-hydrogen) atoms. The molecule has 106 valence electrons. The Hall–Kier alpha value is -0.570. The first-order chi connectivity index (χ1) is 8.58. The quantitative estimate of drug-likeness (QED) is 0.741. The zero-order valence-electron chi connectivity index (χ0n) is 12.4. The second-order valence-electron chi connectivity index (χ2n) is 5.77. The third-order valence-corrected chi connectivity index (χ3v) is 4.37. The van der Waals surface area contributed by atoms with Crippen LogP contribution in [0.2, 0.25) is 0 Å². The number of carbonyl (C=O) groups excluding carboxylic acids is 1. The van der Waals surface area contributed by atoms with Gasteiger partial charge < -0.3 is 10.1 Å². The summed E-state index contributed by atoms with van der Waals surface area (Å²) in [6.07, 6.45) is 7.86. The first kappa shape index (κ1) is 15.5. The molecule has 3 heteroatoms. The maximum atomic E-state index is 11.5. The highest BCUT2D eigenvalue weighted by molar-refractivity contribution is 5.72. The Kier molecular flexibility index (Phi) is 6.69. The summed E-state index contributed by atoms with van der Waals surface area (Å²) in [5.41, 5.74) is 0. The lowest BCUT2D eigenvalue weighted by Gasteiger charge is -2.32. The lowest BCUT2D eigenvalue weighted by atomic mass is 9.83. The fourth-order valence-corrected chi connectivity index (χ4v) is 2.93. The van der Waals surface area contributed by atoms with Gasteiger partial charge in [-0.05, 0) is 38.5 Å². The van der Waals surface area contributed by atoms with Gasteiger partial charge in [0.2, 0.25) is 0 Å². The molecule has 2 atom stereocenters. The molecular weight excluding hydrogens is 226 g/mol. The molecular formula is C15H29NO2. The van der Waals surface area contributed by atoms with E-state index in [9.17, 15) is 4.79 Å². The minimum atomic E-state index is -0.116. The SMILES string of the molecule is CCCC1CCC(NC(C)C(C)C(=O)OC)CC1. The number of esters is 1. The summed E-state index contributed by atoms with van der Waals surface area (Å²) >= 11 is 0. The van der Waals surface area contributed by atoms with Crippen molar-refractivity contribution in [3.05, 3.63) is 0 Å². The van der Waals surface area contributed by atoms with E-state index in [0.29, 0.717) is 6.04 Å². The molecule has 1 aliphatic carbocycles. The summed E-state index contributed by atoms with van der Waals surface area (Å²) < 4.78 is 4.79. The molecule has 0 aromatic carbocycles.